The van der Waals surface area contributed by atoms with Crippen molar-refractivity contribution in [2.45, 2.75) is 72.5 Å². The van der Waals surface area contributed by atoms with Gasteiger partial charge >= 0.3 is 18.0 Å². The van der Waals surface area contributed by atoms with Crippen molar-refractivity contribution in [3.8, 4) is 0 Å². The van der Waals surface area contributed by atoms with E-state index in [0.29, 0.717) is 12.5 Å². The summed E-state index contributed by atoms with van der Waals surface area (Å²) in [5, 5.41) is 24.9. The smallest absolute Gasteiger partial charge is 0.326 e. The number of carbonyl (C=O) groups is 4. The van der Waals surface area contributed by atoms with Gasteiger partial charge in [-0.15, -0.1) is 0 Å². The van der Waals surface area contributed by atoms with Crippen LogP contribution in [0.3, 0.4) is 0 Å². The monoisotopic (exact) mass is 511 g/mol. The topological polar surface area (TPSA) is 197 Å². The highest BCUT2D eigenvalue weighted by Crippen LogP contribution is 2.03. The van der Waals surface area contributed by atoms with Crippen LogP contribution in [-0.2, 0) is 20.8 Å². The number of carboxylic acids is 2. The zero-order chi connectivity index (χ0) is 28.3. The molecule has 11 nitrogen and oxygen atoms in total. The van der Waals surface area contributed by atoms with E-state index in [4.69, 9.17) is 21.7 Å². The number of aliphatic carboxylic acids is 2. The van der Waals surface area contributed by atoms with Gasteiger partial charge in [0.05, 0.1) is 6.04 Å². The summed E-state index contributed by atoms with van der Waals surface area (Å²) < 4.78 is 0. The number of carboxylic acid groups (broad SMARTS) is 2. The molecule has 36 heavy (non-hydrogen) atoms. The predicted octanol–water partition coefficient (Wildman–Crippen LogP) is 1.55. The van der Waals surface area contributed by atoms with Gasteiger partial charge in [-0.1, -0.05) is 58.0 Å². The molecule has 0 saturated carbocycles. The summed E-state index contributed by atoms with van der Waals surface area (Å²) in [6.07, 6.45) is 1.28. The van der Waals surface area contributed by atoms with Crippen molar-refractivity contribution in [1.82, 2.24) is 16.0 Å². The van der Waals surface area contributed by atoms with E-state index >= 15 is 0 Å². The number of hydrogen-bond acceptors (Lipinski definition) is 6. The van der Waals surface area contributed by atoms with Crippen LogP contribution in [0.25, 0.3) is 0 Å². The Balaban J connectivity index is 0. The molecule has 0 aliphatic rings. The Morgan fingerprint density at radius 1 is 0.889 bits per heavy atom. The normalized spacial score (nSPS) is 12.6. The highest BCUT2D eigenvalue weighted by atomic mass is 16.4. The maximum Gasteiger partial charge on any atom is 0.326 e. The van der Waals surface area contributed by atoms with Gasteiger partial charge in [0.15, 0.2) is 0 Å². The Hall–Kier alpha value is -3.18. The predicted molar refractivity (Wildman–Crippen MR) is 140 cm³/mol. The second-order valence-corrected chi connectivity index (χ2v) is 8.95. The lowest BCUT2D eigenvalue weighted by atomic mass is 10.1. The third-order valence-corrected chi connectivity index (χ3v) is 4.66. The lowest BCUT2D eigenvalue weighted by Crippen LogP contribution is -2.47. The van der Waals surface area contributed by atoms with Gasteiger partial charge in [-0.2, -0.15) is 0 Å². The molecule has 0 radical (unpaired) electrons. The van der Waals surface area contributed by atoms with E-state index in [9.17, 15) is 19.2 Å². The Kier molecular flexibility index (Phi) is 19.5. The van der Waals surface area contributed by atoms with Crippen molar-refractivity contribution in [2.75, 3.05) is 13.1 Å². The van der Waals surface area contributed by atoms with Gasteiger partial charge in [0.25, 0.3) is 0 Å². The number of carbonyl (C=O) groups excluding carboxylic acids is 2. The molecular weight excluding hydrogens is 466 g/mol. The molecule has 0 bridgehead atoms. The summed E-state index contributed by atoms with van der Waals surface area (Å²) in [6.45, 7) is 12.5. The molecule has 0 saturated heterocycles. The van der Waals surface area contributed by atoms with Crippen LogP contribution < -0.4 is 27.4 Å². The first-order chi connectivity index (χ1) is 16.7. The van der Waals surface area contributed by atoms with Crippen molar-refractivity contribution in [1.29, 1.82) is 0 Å². The number of nitrogens with two attached hydrogens (primary N) is 2. The summed E-state index contributed by atoms with van der Waals surface area (Å²) in [5.41, 5.74) is 11.4. The van der Waals surface area contributed by atoms with Crippen molar-refractivity contribution in [3.63, 3.8) is 0 Å². The molecule has 1 rings (SSSR count). The minimum absolute atomic E-state index is 0.0208. The molecule has 206 valence electrons. The molecule has 1 aromatic rings. The average molecular weight is 512 g/mol. The van der Waals surface area contributed by atoms with Crippen LogP contribution in [0.5, 0.6) is 0 Å². The fourth-order valence-corrected chi connectivity index (χ4v) is 2.35. The van der Waals surface area contributed by atoms with E-state index in [2.05, 4.69) is 29.8 Å². The first kappa shape index (κ1) is 35.0. The van der Waals surface area contributed by atoms with Gasteiger partial charge in [0, 0.05) is 19.5 Å². The molecular formula is C25H45N5O6. The van der Waals surface area contributed by atoms with Crippen LogP contribution in [0.1, 0.15) is 53.5 Å². The molecule has 3 atom stereocenters. The third-order valence-electron chi connectivity index (χ3n) is 4.66. The summed E-state index contributed by atoms with van der Waals surface area (Å²) in [4.78, 5) is 43.2. The summed E-state index contributed by atoms with van der Waals surface area (Å²) in [7, 11) is 0. The lowest BCUT2D eigenvalue weighted by molar-refractivity contribution is -0.140. The van der Waals surface area contributed by atoms with Crippen LogP contribution in [0, 0.1) is 11.8 Å². The minimum Gasteiger partial charge on any atom is -0.480 e. The number of hydrogen-bond donors (Lipinski definition) is 7. The van der Waals surface area contributed by atoms with Crippen molar-refractivity contribution < 1.29 is 29.4 Å². The van der Waals surface area contributed by atoms with Crippen LogP contribution >= 0.6 is 0 Å². The molecule has 0 fully saturated rings. The summed E-state index contributed by atoms with van der Waals surface area (Å²) >= 11 is 0. The van der Waals surface area contributed by atoms with Gasteiger partial charge in [-0.3, -0.25) is 9.59 Å². The van der Waals surface area contributed by atoms with Crippen molar-refractivity contribution in [2.24, 2.45) is 23.3 Å². The van der Waals surface area contributed by atoms with E-state index in [1.54, 1.807) is 27.7 Å². The summed E-state index contributed by atoms with van der Waals surface area (Å²) in [6, 6.07) is 6.71. The van der Waals surface area contributed by atoms with E-state index in [1.165, 1.54) is 0 Å². The van der Waals surface area contributed by atoms with Gasteiger partial charge in [-0.05, 0) is 37.7 Å². The lowest BCUT2D eigenvalue weighted by Gasteiger charge is -2.14. The fraction of sp³-hybridized carbons (Fsp3) is 0.600. The molecule has 0 aliphatic carbocycles. The summed E-state index contributed by atoms with van der Waals surface area (Å²) in [5.74, 6) is -1.39. The standard InChI is InChI=1S/C12H16N2O3.C8H18N2O.C5H11NO2/c1-2-13-12(17)14-10(11(15)16)8-9-6-4-3-5-7-9;1-6(2)4-5-10-8(11)7(3)9;1-3(2)4(6)5(7)8/h3-7,10H,2,8H2,1H3,(H,15,16)(H2,13,14,17);6-7H,4-5,9H2,1-3H3,(H,10,11);3-4H,6H2,1-2H3,(H,7,8)/t10-;7-;4-/m000/s1. The van der Waals surface area contributed by atoms with E-state index in [-0.39, 0.29) is 24.3 Å². The molecule has 1 aromatic carbocycles. The molecule has 0 aliphatic heterocycles. The Morgan fingerprint density at radius 2 is 1.44 bits per heavy atom. The first-order valence-corrected chi connectivity index (χ1v) is 12.1. The average Bonchev–Trinajstić information content (AvgIpc) is 2.79. The Labute approximate surface area is 214 Å². The maximum absolute atomic E-state index is 11.3. The van der Waals surface area contributed by atoms with Gasteiger partial charge in [0.2, 0.25) is 5.91 Å². The van der Waals surface area contributed by atoms with E-state index < -0.39 is 30.1 Å². The zero-order valence-corrected chi connectivity index (χ0v) is 22.3. The van der Waals surface area contributed by atoms with Gasteiger partial charge in [-0.25, -0.2) is 9.59 Å². The Bertz CT molecular complexity index is 771. The van der Waals surface area contributed by atoms with Gasteiger partial charge < -0.3 is 37.6 Å². The molecule has 0 spiro atoms. The van der Waals surface area contributed by atoms with Crippen molar-refractivity contribution in [3.05, 3.63) is 35.9 Å². The zero-order valence-electron chi connectivity index (χ0n) is 22.3. The molecule has 0 unspecified atom stereocenters. The third kappa shape index (κ3) is 19.2. The highest BCUT2D eigenvalue weighted by molar-refractivity contribution is 5.82. The van der Waals surface area contributed by atoms with Crippen LogP contribution in [0.15, 0.2) is 30.3 Å². The molecule has 9 N–H and O–H groups in total. The first-order valence-electron chi connectivity index (χ1n) is 12.1. The number of amides is 3. The second-order valence-electron chi connectivity index (χ2n) is 8.95. The number of urea groups is 1. The quantitative estimate of drug-likeness (QED) is 0.232. The molecule has 0 heterocycles. The highest BCUT2D eigenvalue weighted by Gasteiger charge is 2.19. The van der Waals surface area contributed by atoms with Crippen LogP contribution in [0.4, 0.5) is 4.79 Å². The fourth-order valence-electron chi connectivity index (χ4n) is 2.35. The maximum atomic E-state index is 11.3. The number of rotatable bonds is 11. The molecule has 11 heteroatoms. The van der Waals surface area contributed by atoms with E-state index in [1.807, 2.05) is 30.3 Å². The van der Waals surface area contributed by atoms with Crippen LogP contribution in [0.2, 0.25) is 0 Å². The van der Waals surface area contributed by atoms with Crippen LogP contribution in [-0.4, -0.2) is 65.3 Å². The Morgan fingerprint density at radius 3 is 1.81 bits per heavy atom. The number of benzene rings is 1. The largest absolute Gasteiger partial charge is 0.480 e. The van der Waals surface area contributed by atoms with Crippen molar-refractivity contribution >= 4 is 23.9 Å². The van der Waals surface area contributed by atoms with E-state index in [0.717, 1.165) is 18.5 Å². The van der Waals surface area contributed by atoms with Gasteiger partial charge in [0.1, 0.15) is 12.1 Å². The molecule has 0 aromatic heterocycles. The SMILES string of the molecule is CC(C)CCNC(=O)[C@H](C)N.CC(C)[C@H](N)C(=O)O.CCNC(=O)N[C@@H](Cc1ccccc1)C(=O)O. The second kappa shape index (κ2) is 20.1. The number of nitrogens with one attached hydrogen (secondary N) is 3. The minimum atomic E-state index is -1.04. The molecule has 3 amide bonds.